The number of nitrogens with zero attached hydrogens (tertiary/aromatic N) is 4. The summed E-state index contributed by atoms with van der Waals surface area (Å²) >= 11 is 0. The zero-order valence-corrected chi connectivity index (χ0v) is 18.8. The van der Waals surface area contributed by atoms with Crippen LogP contribution in [-0.4, -0.2) is 49.3 Å². The second kappa shape index (κ2) is 9.50. The SMILES string of the molecule is CCCN1NC(C(C)C)C(C(=O)O)=C1Cc1ccc(-c2ccccc2-c2nn[nH]n2)c(F)c1. The zero-order chi connectivity index (χ0) is 23.5. The van der Waals surface area contributed by atoms with Gasteiger partial charge in [-0.3, -0.25) is 0 Å². The number of aliphatic carboxylic acids is 1. The van der Waals surface area contributed by atoms with Crippen molar-refractivity contribution < 1.29 is 14.3 Å². The molecule has 0 fully saturated rings. The Morgan fingerprint density at radius 2 is 1.94 bits per heavy atom. The Hall–Kier alpha value is -3.59. The van der Waals surface area contributed by atoms with Crippen molar-refractivity contribution in [2.45, 2.75) is 39.7 Å². The maximum atomic E-state index is 15.3. The molecular formula is C24H27FN6O2. The van der Waals surface area contributed by atoms with Crippen molar-refractivity contribution in [1.82, 2.24) is 31.1 Å². The van der Waals surface area contributed by atoms with Crippen LogP contribution in [0.3, 0.4) is 0 Å². The lowest BCUT2D eigenvalue weighted by atomic mass is 9.93. The minimum atomic E-state index is -0.944. The van der Waals surface area contributed by atoms with Crippen molar-refractivity contribution in [2.75, 3.05) is 6.54 Å². The smallest absolute Gasteiger partial charge is 0.335 e. The summed E-state index contributed by atoms with van der Waals surface area (Å²) in [5, 5.41) is 25.9. The van der Waals surface area contributed by atoms with E-state index in [1.165, 1.54) is 6.07 Å². The second-order valence-electron chi connectivity index (χ2n) is 8.44. The highest BCUT2D eigenvalue weighted by Gasteiger charge is 2.36. The minimum absolute atomic E-state index is 0.105. The molecule has 0 saturated carbocycles. The lowest BCUT2D eigenvalue weighted by Gasteiger charge is -2.24. The summed E-state index contributed by atoms with van der Waals surface area (Å²) in [6.45, 7) is 6.69. The molecule has 3 N–H and O–H groups in total. The number of hydrogen-bond donors (Lipinski definition) is 3. The molecule has 0 amide bonds. The maximum Gasteiger partial charge on any atom is 0.335 e. The van der Waals surface area contributed by atoms with Crippen LogP contribution >= 0.6 is 0 Å². The lowest BCUT2D eigenvalue weighted by Crippen LogP contribution is -2.41. The first-order chi connectivity index (χ1) is 15.9. The quantitative estimate of drug-likeness (QED) is 0.479. The normalized spacial score (nSPS) is 16.2. The number of aromatic amines is 1. The molecule has 3 aromatic rings. The summed E-state index contributed by atoms with van der Waals surface area (Å²) < 4.78 is 15.3. The highest BCUT2D eigenvalue weighted by molar-refractivity contribution is 5.89. The molecule has 0 spiro atoms. The maximum absolute atomic E-state index is 15.3. The Morgan fingerprint density at radius 1 is 1.18 bits per heavy atom. The van der Waals surface area contributed by atoms with E-state index in [2.05, 4.69) is 26.0 Å². The molecule has 0 radical (unpaired) electrons. The summed E-state index contributed by atoms with van der Waals surface area (Å²) in [5.74, 6) is -0.846. The number of hydrogen-bond acceptors (Lipinski definition) is 6. The van der Waals surface area contributed by atoms with Gasteiger partial charge in [-0.2, -0.15) is 5.21 Å². The molecule has 9 heteroatoms. The molecule has 0 bridgehead atoms. The number of aromatic nitrogens is 4. The van der Waals surface area contributed by atoms with Gasteiger partial charge in [0.15, 0.2) is 0 Å². The first-order valence-corrected chi connectivity index (χ1v) is 11.0. The van der Waals surface area contributed by atoms with E-state index >= 15 is 4.39 Å². The third kappa shape index (κ3) is 4.49. The van der Waals surface area contributed by atoms with Gasteiger partial charge in [0.25, 0.3) is 0 Å². The van der Waals surface area contributed by atoms with E-state index in [0.717, 1.165) is 6.42 Å². The standard InChI is InChI=1S/C24H27FN6O2/c1-4-11-31-20(21(24(32)33)22(28-31)14(2)3)13-15-9-10-17(19(25)12-15)16-7-5-6-8-18(16)23-26-29-30-27-23/h5-10,12,14,22,28H,4,11,13H2,1-3H3,(H,32,33)(H,26,27,29,30). The monoisotopic (exact) mass is 450 g/mol. The average molecular weight is 451 g/mol. The van der Waals surface area contributed by atoms with Crippen LogP contribution in [0.1, 0.15) is 32.8 Å². The predicted molar refractivity (Wildman–Crippen MR) is 122 cm³/mol. The molecule has 2 heterocycles. The van der Waals surface area contributed by atoms with Crippen molar-refractivity contribution in [3.8, 4) is 22.5 Å². The fourth-order valence-electron chi connectivity index (χ4n) is 4.26. The highest BCUT2D eigenvalue weighted by atomic mass is 19.1. The van der Waals surface area contributed by atoms with E-state index in [1.54, 1.807) is 6.07 Å². The number of carboxylic acids is 1. The topological polar surface area (TPSA) is 107 Å². The number of carbonyl (C=O) groups is 1. The van der Waals surface area contributed by atoms with Gasteiger partial charge in [0.1, 0.15) is 5.82 Å². The third-order valence-electron chi connectivity index (χ3n) is 5.80. The van der Waals surface area contributed by atoms with E-state index in [0.29, 0.717) is 52.3 Å². The minimum Gasteiger partial charge on any atom is -0.478 e. The molecule has 1 unspecified atom stereocenters. The molecule has 0 saturated heterocycles. The predicted octanol–water partition coefficient (Wildman–Crippen LogP) is 3.81. The number of carboxylic acid groups (broad SMARTS) is 1. The summed E-state index contributed by atoms with van der Waals surface area (Å²) in [6, 6.07) is 12.0. The van der Waals surface area contributed by atoms with Crippen LogP contribution in [0.5, 0.6) is 0 Å². The van der Waals surface area contributed by atoms with Crippen LogP contribution < -0.4 is 5.43 Å². The Balaban J connectivity index is 1.70. The molecule has 4 rings (SSSR count). The van der Waals surface area contributed by atoms with Crippen molar-refractivity contribution in [3.05, 3.63) is 65.1 Å². The average Bonchev–Trinajstić information content (AvgIpc) is 3.43. The largest absolute Gasteiger partial charge is 0.478 e. The fourth-order valence-corrected chi connectivity index (χ4v) is 4.26. The van der Waals surface area contributed by atoms with Gasteiger partial charge < -0.3 is 10.1 Å². The van der Waals surface area contributed by atoms with Gasteiger partial charge in [0.05, 0.1) is 11.6 Å². The summed E-state index contributed by atoms with van der Waals surface area (Å²) in [6.07, 6.45) is 1.18. The Morgan fingerprint density at radius 3 is 2.55 bits per heavy atom. The molecule has 1 aromatic heterocycles. The number of H-pyrrole nitrogens is 1. The van der Waals surface area contributed by atoms with E-state index in [1.807, 2.05) is 56.1 Å². The van der Waals surface area contributed by atoms with Gasteiger partial charge >= 0.3 is 5.97 Å². The van der Waals surface area contributed by atoms with Gasteiger partial charge in [-0.1, -0.05) is 57.2 Å². The number of nitrogens with one attached hydrogen (secondary N) is 2. The number of tetrazole rings is 1. The number of rotatable bonds is 8. The molecule has 1 aliphatic heterocycles. The van der Waals surface area contributed by atoms with E-state index in [4.69, 9.17) is 0 Å². The first kappa shape index (κ1) is 22.6. The lowest BCUT2D eigenvalue weighted by molar-refractivity contribution is -0.133. The van der Waals surface area contributed by atoms with Crippen LogP contribution in [0, 0.1) is 11.7 Å². The van der Waals surface area contributed by atoms with Gasteiger partial charge in [0, 0.05) is 29.8 Å². The van der Waals surface area contributed by atoms with Gasteiger partial charge in [-0.05, 0) is 34.7 Å². The van der Waals surface area contributed by atoms with Crippen molar-refractivity contribution in [2.24, 2.45) is 5.92 Å². The third-order valence-corrected chi connectivity index (χ3v) is 5.80. The molecule has 2 aromatic carbocycles. The Labute approximate surface area is 191 Å². The van der Waals surface area contributed by atoms with Gasteiger partial charge in [0.2, 0.25) is 5.82 Å². The summed E-state index contributed by atoms with van der Waals surface area (Å²) in [7, 11) is 0. The zero-order valence-electron chi connectivity index (χ0n) is 18.8. The summed E-state index contributed by atoms with van der Waals surface area (Å²) in [5.41, 5.74) is 6.81. The van der Waals surface area contributed by atoms with Crippen molar-refractivity contribution in [3.63, 3.8) is 0 Å². The number of allylic oxidation sites excluding steroid dienone is 1. The first-order valence-electron chi connectivity index (χ1n) is 11.0. The molecule has 172 valence electrons. The van der Waals surface area contributed by atoms with Crippen LogP contribution in [0.25, 0.3) is 22.5 Å². The number of halogens is 1. The molecule has 8 nitrogen and oxygen atoms in total. The van der Waals surface area contributed by atoms with Crippen LogP contribution in [0.15, 0.2) is 53.7 Å². The van der Waals surface area contributed by atoms with Gasteiger partial charge in [-0.15, -0.1) is 10.2 Å². The van der Waals surface area contributed by atoms with E-state index in [-0.39, 0.29) is 12.0 Å². The van der Waals surface area contributed by atoms with Crippen LogP contribution in [-0.2, 0) is 11.2 Å². The van der Waals surface area contributed by atoms with E-state index in [9.17, 15) is 9.90 Å². The van der Waals surface area contributed by atoms with Crippen LogP contribution in [0.2, 0.25) is 0 Å². The van der Waals surface area contributed by atoms with Crippen molar-refractivity contribution >= 4 is 5.97 Å². The van der Waals surface area contributed by atoms with Crippen molar-refractivity contribution in [1.29, 1.82) is 0 Å². The summed E-state index contributed by atoms with van der Waals surface area (Å²) in [4.78, 5) is 12.1. The fraction of sp³-hybridized carbons (Fsp3) is 0.333. The highest BCUT2D eigenvalue weighted by Crippen LogP contribution is 2.33. The Bertz CT molecular complexity index is 1180. The number of hydrazine groups is 1. The second-order valence-corrected chi connectivity index (χ2v) is 8.44. The van der Waals surface area contributed by atoms with E-state index < -0.39 is 11.8 Å². The number of benzene rings is 2. The van der Waals surface area contributed by atoms with Gasteiger partial charge in [-0.25, -0.2) is 14.6 Å². The molecule has 1 aliphatic rings. The molecule has 33 heavy (non-hydrogen) atoms. The molecular weight excluding hydrogens is 423 g/mol. The molecule has 0 aliphatic carbocycles. The molecule has 1 atom stereocenters. The Kier molecular flexibility index (Phi) is 6.50. The van der Waals surface area contributed by atoms with Crippen LogP contribution in [0.4, 0.5) is 4.39 Å².